The summed E-state index contributed by atoms with van der Waals surface area (Å²) in [6.45, 7) is 1.12. The van der Waals surface area contributed by atoms with Crippen molar-refractivity contribution in [3.63, 3.8) is 0 Å². The first kappa shape index (κ1) is 14.7. The van der Waals surface area contributed by atoms with Gasteiger partial charge in [0.25, 0.3) is 0 Å². The summed E-state index contributed by atoms with van der Waals surface area (Å²) < 4.78 is 21.8. The minimum atomic E-state index is -2.90. The fourth-order valence-corrected chi connectivity index (χ4v) is 2.18. The van der Waals surface area contributed by atoms with Gasteiger partial charge in [-0.05, 0) is 30.7 Å². The van der Waals surface area contributed by atoms with Gasteiger partial charge in [0.05, 0.1) is 11.3 Å². The molecule has 6 heteroatoms. The van der Waals surface area contributed by atoms with Crippen molar-refractivity contribution in [2.45, 2.75) is 13.0 Å². The third kappa shape index (κ3) is 5.79. The molecule has 5 nitrogen and oxygen atoms in total. The van der Waals surface area contributed by atoms with E-state index < -0.39 is 15.8 Å². The number of carboxylic acids is 1. The third-order valence-corrected chi connectivity index (χ3v) is 3.40. The zero-order valence-electron chi connectivity index (χ0n) is 10.2. The van der Waals surface area contributed by atoms with Gasteiger partial charge in [-0.25, -0.2) is 13.2 Å². The molecule has 18 heavy (non-hydrogen) atoms. The van der Waals surface area contributed by atoms with Crippen molar-refractivity contribution in [2.75, 3.05) is 18.6 Å². The molecule has 0 radical (unpaired) electrons. The van der Waals surface area contributed by atoms with Crippen LogP contribution in [0, 0.1) is 0 Å². The van der Waals surface area contributed by atoms with Gasteiger partial charge in [0.2, 0.25) is 0 Å². The Morgan fingerprint density at radius 1 is 1.39 bits per heavy atom. The van der Waals surface area contributed by atoms with E-state index in [0.29, 0.717) is 19.5 Å². The minimum absolute atomic E-state index is 0.162. The van der Waals surface area contributed by atoms with E-state index >= 15 is 0 Å². The van der Waals surface area contributed by atoms with Crippen molar-refractivity contribution < 1.29 is 18.3 Å². The highest BCUT2D eigenvalue weighted by Crippen LogP contribution is 2.05. The molecule has 0 bridgehead atoms. The highest BCUT2D eigenvalue weighted by molar-refractivity contribution is 7.90. The minimum Gasteiger partial charge on any atom is -0.478 e. The monoisotopic (exact) mass is 271 g/mol. The van der Waals surface area contributed by atoms with Gasteiger partial charge in [0, 0.05) is 12.8 Å². The van der Waals surface area contributed by atoms with Crippen molar-refractivity contribution in [1.29, 1.82) is 0 Å². The average Bonchev–Trinajstić information content (AvgIpc) is 2.27. The highest BCUT2D eigenvalue weighted by atomic mass is 32.2. The molecule has 0 spiro atoms. The van der Waals surface area contributed by atoms with Crippen LogP contribution in [-0.2, 0) is 16.4 Å². The number of aromatic carboxylic acids is 1. The molecule has 0 saturated carbocycles. The lowest BCUT2D eigenvalue weighted by molar-refractivity contribution is 0.0696. The maximum atomic E-state index is 10.9. The topological polar surface area (TPSA) is 83.5 Å². The van der Waals surface area contributed by atoms with Crippen molar-refractivity contribution in [3.8, 4) is 0 Å². The van der Waals surface area contributed by atoms with E-state index in [-0.39, 0.29) is 11.3 Å². The Balaban J connectivity index is 2.36. The number of hydrogen-bond acceptors (Lipinski definition) is 4. The zero-order chi connectivity index (χ0) is 13.6. The molecule has 0 aromatic heterocycles. The molecule has 0 aliphatic heterocycles. The van der Waals surface area contributed by atoms with Gasteiger partial charge < -0.3 is 10.4 Å². The van der Waals surface area contributed by atoms with E-state index in [2.05, 4.69) is 5.32 Å². The number of hydrogen-bond donors (Lipinski definition) is 2. The van der Waals surface area contributed by atoms with Crippen LogP contribution >= 0.6 is 0 Å². The number of sulfone groups is 1. The second kappa shape index (κ2) is 6.51. The van der Waals surface area contributed by atoms with E-state index in [0.717, 1.165) is 5.56 Å². The number of nitrogens with one attached hydrogen (secondary N) is 1. The average molecular weight is 271 g/mol. The van der Waals surface area contributed by atoms with Crippen LogP contribution in [0.5, 0.6) is 0 Å². The molecular formula is C12H17NO4S. The molecule has 1 aromatic carbocycles. The largest absolute Gasteiger partial charge is 0.478 e. The van der Waals surface area contributed by atoms with Gasteiger partial charge in [0.15, 0.2) is 0 Å². The zero-order valence-corrected chi connectivity index (χ0v) is 11.0. The van der Waals surface area contributed by atoms with Crippen LogP contribution in [0.2, 0.25) is 0 Å². The summed E-state index contributed by atoms with van der Waals surface area (Å²) >= 11 is 0. The second-order valence-electron chi connectivity index (χ2n) is 4.17. The molecular weight excluding hydrogens is 254 g/mol. The maximum Gasteiger partial charge on any atom is 0.335 e. The molecule has 0 saturated heterocycles. The molecule has 0 heterocycles. The summed E-state index contributed by atoms with van der Waals surface area (Å²) in [5.41, 5.74) is 1.12. The van der Waals surface area contributed by atoms with Crippen molar-refractivity contribution in [2.24, 2.45) is 0 Å². The SMILES string of the molecule is CS(=O)(=O)CCCNCc1cccc(C(=O)O)c1. The van der Waals surface area contributed by atoms with Crippen LogP contribution < -0.4 is 5.32 Å². The van der Waals surface area contributed by atoms with E-state index in [1.54, 1.807) is 12.1 Å². The lowest BCUT2D eigenvalue weighted by Gasteiger charge is -2.05. The standard InChI is InChI=1S/C12H17NO4S/c1-18(16,17)7-3-6-13-9-10-4-2-5-11(8-10)12(14)15/h2,4-5,8,13H,3,6-7,9H2,1H3,(H,14,15). The molecule has 0 aliphatic rings. The first-order valence-electron chi connectivity index (χ1n) is 5.59. The van der Waals surface area contributed by atoms with Gasteiger partial charge in [-0.3, -0.25) is 0 Å². The smallest absolute Gasteiger partial charge is 0.335 e. The summed E-state index contributed by atoms with van der Waals surface area (Å²) in [5, 5.41) is 11.9. The van der Waals surface area contributed by atoms with E-state index in [1.807, 2.05) is 6.07 Å². The molecule has 100 valence electrons. The third-order valence-electron chi connectivity index (χ3n) is 2.37. The number of benzene rings is 1. The first-order valence-corrected chi connectivity index (χ1v) is 7.65. The Morgan fingerprint density at radius 3 is 2.72 bits per heavy atom. The van der Waals surface area contributed by atoms with Crippen LogP contribution in [0.3, 0.4) is 0 Å². The van der Waals surface area contributed by atoms with Crippen LogP contribution in [0.15, 0.2) is 24.3 Å². The van der Waals surface area contributed by atoms with Crippen LogP contribution in [0.4, 0.5) is 0 Å². The molecule has 0 aliphatic carbocycles. The van der Waals surface area contributed by atoms with E-state index in [1.165, 1.54) is 12.3 Å². The summed E-state index contributed by atoms with van der Waals surface area (Å²) in [5.74, 6) is -0.788. The fraction of sp³-hybridized carbons (Fsp3) is 0.417. The quantitative estimate of drug-likeness (QED) is 0.720. The highest BCUT2D eigenvalue weighted by Gasteiger charge is 2.03. The summed E-state index contributed by atoms with van der Waals surface area (Å²) in [6, 6.07) is 6.66. The molecule has 0 amide bonds. The first-order chi connectivity index (χ1) is 8.38. The fourth-order valence-electron chi connectivity index (χ4n) is 1.51. The number of carbonyl (C=O) groups is 1. The summed E-state index contributed by atoms with van der Waals surface area (Å²) in [6.07, 6.45) is 1.76. The van der Waals surface area contributed by atoms with Gasteiger partial charge in [0.1, 0.15) is 9.84 Å². The van der Waals surface area contributed by atoms with Crippen molar-refractivity contribution in [1.82, 2.24) is 5.32 Å². The molecule has 0 fully saturated rings. The Hall–Kier alpha value is -1.40. The molecule has 2 N–H and O–H groups in total. The Labute approximate surface area is 107 Å². The maximum absolute atomic E-state index is 10.9. The van der Waals surface area contributed by atoms with Crippen LogP contribution in [0.1, 0.15) is 22.3 Å². The lowest BCUT2D eigenvalue weighted by Crippen LogP contribution is -2.18. The van der Waals surface area contributed by atoms with Gasteiger partial charge in [-0.1, -0.05) is 12.1 Å². The second-order valence-corrected chi connectivity index (χ2v) is 6.43. The molecule has 1 aromatic rings. The summed E-state index contributed by atoms with van der Waals surface area (Å²) in [4.78, 5) is 10.8. The van der Waals surface area contributed by atoms with E-state index in [9.17, 15) is 13.2 Å². The molecule has 1 rings (SSSR count). The Morgan fingerprint density at radius 2 is 2.11 bits per heavy atom. The number of carboxylic acid groups (broad SMARTS) is 1. The van der Waals surface area contributed by atoms with Crippen LogP contribution in [-0.4, -0.2) is 38.0 Å². The van der Waals surface area contributed by atoms with Crippen molar-refractivity contribution >= 4 is 15.8 Å². The Bertz CT molecular complexity index is 511. The Kier molecular flexibility index (Phi) is 5.30. The van der Waals surface area contributed by atoms with Gasteiger partial charge in [-0.15, -0.1) is 0 Å². The normalized spacial score (nSPS) is 11.4. The van der Waals surface area contributed by atoms with Gasteiger partial charge >= 0.3 is 5.97 Å². The van der Waals surface area contributed by atoms with Crippen molar-refractivity contribution in [3.05, 3.63) is 35.4 Å². The molecule has 0 unspecified atom stereocenters. The van der Waals surface area contributed by atoms with Gasteiger partial charge in [-0.2, -0.15) is 0 Å². The van der Waals surface area contributed by atoms with Crippen LogP contribution in [0.25, 0.3) is 0 Å². The number of rotatable bonds is 7. The summed E-state index contributed by atoms with van der Waals surface area (Å²) in [7, 11) is -2.90. The molecule has 0 atom stereocenters. The van der Waals surface area contributed by atoms with E-state index in [4.69, 9.17) is 5.11 Å². The predicted octanol–water partition coefficient (Wildman–Crippen LogP) is 0.909. The lowest BCUT2D eigenvalue weighted by atomic mass is 10.1. The predicted molar refractivity (Wildman–Crippen MR) is 69.4 cm³/mol.